The van der Waals surface area contributed by atoms with Gasteiger partial charge in [0, 0.05) is 15.6 Å². The largest absolute Gasteiger partial charge is 0.369 e. The summed E-state index contributed by atoms with van der Waals surface area (Å²) in [6.45, 7) is 0.339. The van der Waals surface area contributed by atoms with Gasteiger partial charge in [-0.2, -0.15) is 0 Å². The molecule has 0 spiro atoms. The van der Waals surface area contributed by atoms with Crippen LogP contribution >= 0.6 is 23.2 Å². The van der Waals surface area contributed by atoms with Crippen molar-refractivity contribution in [2.24, 2.45) is 0 Å². The molecule has 0 fully saturated rings. The number of halogens is 2. The third-order valence-corrected chi connectivity index (χ3v) is 3.24. The molecule has 0 amide bonds. The minimum absolute atomic E-state index is 0.0207. The number of hydrogen-bond acceptors (Lipinski definition) is 2. The Morgan fingerprint density at radius 2 is 1.68 bits per heavy atom. The van der Waals surface area contributed by atoms with Crippen molar-refractivity contribution in [2.75, 3.05) is 6.61 Å². The van der Waals surface area contributed by atoms with Gasteiger partial charge in [-0.05, 0) is 35.9 Å². The highest BCUT2D eigenvalue weighted by Gasteiger charge is 2.06. The van der Waals surface area contributed by atoms with E-state index in [0.717, 1.165) is 5.56 Å². The van der Waals surface area contributed by atoms with E-state index in [1.165, 1.54) is 0 Å². The van der Waals surface area contributed by atoms with Crippen LogP contribution in [0.5, 0.6) is 0 Å². The molecule has 0 radical (unpaired) electrons. The van der Waals surface area contributed by atoms with Crippen LogP contribution in [0.15, 0.2) is 48.5 Å². The van der Waals surface area contributed by atoms with Crippen LogP contribution < -0.4 is 0 Å². The molecule has 0 unspecified atom stereocenters. The summed E-state index contributed by atoms with van der Waals surface area (Å²) in [6.07, 6.45) is 0. The number of carbonyl (C=O) groups excluding carboxylic acids is 1. The summed E-state index contributed by atoms with van der Waals surface area (Å²) in [5, 5.41) is 1.25. The summed E-state index contributed by atoms with van der Waals surface area (Å²) in [5.74, 6) is -0.0799. The highest BCUT2D eigenvalue weighted by atomic mass is 35.5. The fourth-order valence-corrected chi connectivity index (χ4v) is 1.90. The zero-order chi connectivity index (χ0) is 13.7. The van der Waals surface area contributed by atoms with Crippen molar-refractivity contribution >= 4 is 29.0 Å². The van der Waals surface area contributed by atoms with Crippen molar-refractivity contribution in [1.82, 2.24) is 0 Å². The Kier molecular flexibility index (Phi) is 4.97. The van der Waals surface area contributed by atoms with Gasteiger partial charge in [-0.1, -0.05) is 41.4 Å². The summed E-state index contributed by atoms with van der Waals surface area (Å²) >= 11 is 11.8. The predicted octanol–water partition coefficient (Wildman–Crippen LogP) is 4.39. The van der Waals surface area contributed by atoms with Crippen LogP contribution in [0.3, 0.4) is 0 Å². The van der Waals surface area contributed by atoms with Gasteiger partial charge in [0.2, 0.25) is 0 Å². The molecule has 0 N–H and O–H groups in total. The molecule has 0 aliphatic heterocycles. The van der Waals surface area contributed by atoms with Gasteiger partial charge in [0.25, 0.3) is 0 Å². The fourth-order valence-electron chi connectivity index (χ4n) is 1.59. The average Bonchev–Trinajstić information content (AvgIpc) is 2.41. The van der Waals surface area contributed by atoms with Crippen LogP contribution in [0.25, 0.3) is 0 Å². The Labute approximate surface area is 121 Å². The van der Waals surface area contributed by atoms with E-state index < -0.39 is 0 Å². The van der Waals surface area contributed by atoms with Crippen molar-refractivity contribution in [3.05, 3.63) is 69.7 Å². The number of rotatable bonds is 5. The van der Waals surface area contributed by atoms with Gasteiger partial charge in [0.15, 0.2) is 5.78 Å². The third-order valence-electron chi connectivity index (χ3n) is 2.61. The van der Waals surface area contributed by atoms with Gasteiger partial charge in [-0.25, -0.2) is 0 Å². The van der Waals surface area contributed by atoms with Gasteiger partial charge < -0.3 is 4.74 Å². The minimum atomic E-state index is -0.0799. The first-order valence-electron chi connectivity index (χ1n) is 5.77. The smallest absolute Gasteiger partial charge is 0.188 e. The van der Waals surface area contributed by atoms with E-state index in [0.29, 0.717) is 22.2 Å². The molecule has 0 atom stereocenters. The topological polar surface area (TPSA) is 26.3 Å². The second kappa shape index (κ2) is 6.71. The van der Waals surface area contributed by atoms with Crippen molar-refractivity contribution in [3.8, 4) is 0 Å². The maximum absolute atomic E-state index is 11.8. The third kappa shape index (κ3) is 4.06. The maximum Gasteiger partial charge on any atom is 0.188 e. The Balaban J connectivity index is 1.88. The number of ketones is 1. The van der Waals surface area contributed by atoms with Crippen LogP contribution in [-0.2, 0) is 11.3 Å². The van der Waals surface area contributed by atoms with E-state index in [4.69, 9.17) is 27.9 Å². The zero-order valence-electron chi connectivity index (χ0n) is 10.1. The molecule has 19 heavy (non-hydrogen) atoms. The van der Waals surface area contributed by atoms with Gasteiger partial charge in [0.1, 0.15) is 6.61 Å². The van der Waals surface area contributed by atoms with E-state index >= 15 is 0 Å². The average molecular weight is 295 g/mol. The van der Waals surface area contributed by atoms with E-state index in [2.05, 4.69) is 0 Å². The van der Waals surface area contributed by atoms with E-state index in [-0.39, 0.29) is 12.4 Å². The van der Waals surface area contributed by atoms with E-state index in [1.807, 2.05) is 18.2 Å². The number of benzene rings is 2. The lowest BCUT2D eigenvalue weighted by Crippen LogP contribution is -2.09. The number of carbonyl (C=O) groups is 1. The molecule has 0 bridgehead atoms. The number of ether oxygens (including phenoxy) is 1. The quantitative estimate of drug-likeness (QED) is 0.764. The van der Waals surface area contributed by atoms with E-state index in [9.17, 15) is 4.79 Å². The maximum atomic E-state index is 11.8. The van der Waals surface area contributed by atoms with Gasteiger partial charge in [-0.15, -0.1) is 0 Å². The van der Waals surface area contributed by atoms with Gasteiger partial charge in [0.05, 0.1) is 6.61 Å². The van der Waals surface area contributed by atoms with Crippen LogP contribution in [-0.4, -0.2) is 12.4 Å². The standard InChI is InChI=1S/C15H12Cl2O2/c16-13-7-5-11(6-8-13)15(18)10-19-9-12-3-1-2-4-14(12)17/h1-8H,9-10H2. The first kappa shape index (κ1) is 14.1. The molecule has 4 heteroatoms. The summed E-state index contributed by atoms with van der Waals surface area (Å²) in [5.41, 5.74) is 1.46. The van der Waals surface area contributed by atoms with Crippen LogP contribution in [0.2, 0.25) is 10.0 Å². The van der Waals surface area contributed by atoms with Gasteiger partial charge >= 0.3 is 0 Å². The molecule has 2 rings (SSSR count). The van der Waals surface area contributed by atoms with Crippen LogP contribution in [0, 0.1) is 0 Å². The molecule has 0 heterocycles. The lowest BCUT2D eigenvalue weighted by Gasteiger charge is -2.05. The Hall–Kier alpha value is -1.35. The molecule has 0 saturated carbocycles. The summed E-state index contributed by atoms with van der Waals surface area (Å²) < 4.78 is 5.38. The molecule has 98 valence electrons. The van der Waals surface area contributed by atoms with Crippen molar-refractivity contribution in [3.63, 3.8) is 0 Å². The summed E-state index contributed by atoms with van der Waals surface area (Å²) in [4.78, 5) is 11.8. The fraction of sp³-hybridized carbons (Fsp3) is 0.133. The molecular weight excluding hydrogens is 283 g/mol. The first-order valence-corrected chi connectivity index (χ1v) is 6.52. The minimum Gasteiger partial charge on any atom is -0.369 e. The molecule has 2 aromatic rings. The second-order valence-corrected chi connectivity index (χ2v) is 4.86. The Bertz CT molecular complexity index is 565. The molecule has 2 aromatic carbocycles. The predicted molar refractivity (Wildman–Crippen MR) is 76.9 cm³/mol. The Morgan fingerprint density at radius 3 is 2.37 bits per heavy atom. The van der Waals surface area contributed by atoms with E-state index in [1.54, 1.807) is 30.3 Å². The molecule has 2 nitrogen and oxygen atoms in total. The molecular formula is C15H12Cl2O2. The lowest BCUT2D eigenvalue weighted by atomic mass is 10.1. The summed E-state index contributed by atoms with van der Waals surface area (Å²) in [6, 6.07) is 14.1. The van der Waals surface area contributed by atoms with Crippen molar-refractivity contribution in [1.29, 1.82) is 0 Å². The lowest BCUT2D eigenvalue weighted by molar-refractivity contribution is 0.0726. The highest BCUT2D eigenvalue weighted by molar-refractivity contribution is 6.31. The molecule has 0 aliphatic rings. The van der Waals surface area contributed by atoms with Crippen LogP contribution in [0.4, 0.5) is 0 Å². The molecule has 0 aromatic heterocycles. The zero-order valence-corrected chi connectivity index (χ0v) is 11.6. The van der Waals surface area contributed by atoms with Gasteiger partial charge in [-0.3, -0.25) is 4.79 Å². The monoisotopic (exact) mass is 294 g/mol. The molecule has 0 aliphatic carbocycles. The highest BCUT2D eigenvalue weighted by Crippen LogP contribution is 2.16. The summed E-state index contributed by atoms with van der Waals surface area (Å²) in [7, 11) is 0. The number of Topliss-reactive ketones (excluding diaryl/α,β-unsaturated/α-hetero) is 1. The molecule has 0 saturated heterocycles. The number of hydrogen-bond donors (Lipinski definition) is 0. The SMILES string of the molecule is O=C(COCc1ccccc1Cl)c1ccc(Cl)cc1. The van der Waals surface area contributed by atoms with Crippen LogP contribution in [0.1, 0.15) is 15.9 Å². The second-order valence-electron chi connectivity index (χ2n) is 4.01. The normalized spacial score (nSPS) is 10.4. The van der Waals surface area contributed by atoms with Crippen molar-refractivity contribution < 1.29 is 9.53 Å². The van der Waals surface area contributed by atoms with Crippen molar-refractivity contribution in [2.45, 2.75) is 6.61 Å². The first-order chi connectivity index (χ1) is 9.16. The Morgan fingerprint density at radius 1 is 1.00 bits per heavy atom.